The minimum atomic E-state index is 0.741. The van der Waals surface area contributed by atoms with E-state index < -0.39 is 0 Å². The Labute approximate surface area is 101 Å². The van der Waals surface area contributed by atoms with Crippen molar-refractivity contribution in [3.05, 3.63) is 24.7 Å². The lowest BCUT2D eigenvalue weighted by Crippen LogP contribution is -2.35. The first kappa shape index (κ1) is 10.4. The Balaban J connectivity index is 2.04. The monoisotopic (exact) mass is 228 g/mol. The van der Waals surface area contributed by atoms with Crippen molar-refractivity contribution in [2.24, 2.45) is 5.92 Å². The van der Waals surface area contributed by atoms with Crippen LogP contribution in [0.15, 0.2) is 24.7 Å². The van der Waals surface area contributed by atoms with Gasteiger partial charge in [-0.3, -0.25) is 0 Å². The van der Waals surface area contributed by atoms with Crippen LogP contribution in [0.4, 0.5) is 5.82 Å². The Morgan fingerprint density at radius 1 is 1.29 bits per heavy atom. The summed E-state index contributed by atoms with van der Waals surface area (Å²) < 4.78 is 0. The van der Waals surface area contributed by atoms with Crippen LogP contribution in [0.25, 0.3) is 11.0 Å². The number of hydrogen-bond donors (Lipinski definition) is 0. The molecule has 88 valence electrons. The maximum Gasteiger partial charge on any atom is 0.164 e. The molecular weight excluding hydrogens is 212 g/mol. The van der Waals surface area contributed by atoms with Gasteiger partial charge in [0.15, 0.2) is 5.65 Å². The second kappa shape index (κ2) is 4.28. The number of nitrogens with zero attached hydrogens (tertiary/aromatic N) is 4. The van der Waals surface area contributed by atoms with Gasteiger partial charge < -0.3 is 4.90 Å². The summed E-state index contributed by atoms with van der Waals surface area (Å²) in [6, 6.07) is 4.00. The molecule has 4 heteroatoms. The molecule has 0 amide bonds. The van der Waals surface area contributed by atoms with Crippen LogP contribution in [-0.4, -0.2) is 28.0 Å². The normalized spacial score (nSPS) is 20.8. The van der Waals surface area contributed by atoms with E-state index >= 15 is 0 Å². The van der Waals surface area contributed by atoms with Crippen molar-refractivity contribution in [1.29, 1.82) is 0 Å². The summed E-state index contributed by atoms with van der Waals surface area (Å²) in [7, 11) is 0. The Morgan fingerprint density at radius 2 is 2.24 bits per heavy atom. The van der Waals surface area contributed by atoms with Crippen molar-refractivity contribution in [3.63, 3.8) is 0 Å². The molecule has 2 aromatic heterocycles. The molecule has 0 N–H and O–H groups in total. The fourth-order valence-corrected chi connectivity index (χ4v) is 2.52. The molecule has 1 unspecified atom stereocenters. The van der Waals surface area contributed by atoms with E-state index in [0.29, 0.717) is 0 Å². The standard InChI is InChI=1S/C13H16N4/c1-10-4-3-7-17(8-10)13-11-5-2-6-14-12(11)15-9-16-13/h2,5-6,9-10H,3-4,7-8H2,1H3. The molecule has 0 bridgehead atoms. The average Bonchev–Trinajstić information content (AvgIpc) is 2.38. The van der Waals surface area contributed by atoms with E-state index in [1.165, 1.54) is 12.8 Å². The predicted molar refractivity (Wildman–Crippen MR) is 67.9 cm³/mol. The van der Waals surface area contributed by atoms with E-state index in [4.69, 9.17) is 0 Å². The van der Waals surface area contributed by atoms with Gasteiger partial charge in [0.1, 0.15) is 12.1 Å². The topological polar surface area (TPSA) is 41.9 Å². The zero-order valence-electron chi connectivity index (χ0n) is 10.0. The maximum absolute atomic E-state index is 4.44. The molecule has 2 aromatic rings. The summed E-state index contributed by atoms with van der Waals surface area (Å²) in [4.78, 5) is 15.3. The van der Waals surface area contributed by atoms with Crippen LogP contribution in [0.5, 0.6) is 0 Å². The fraction of sp³-hybridized carbons (Fsp3) is 0.462. The number of aromatic nitrogens is 3. The van der Waals surface area contributed by atoms with Crippen LogP contribution in [0, 0.1) is 5.92 Å². The van der Waals surface area contributed by atoms with Gasteiger partial charge in [0.25, 0.3) is 0 Å². The second-order valence-corrected chi connectivity index (χ2v) is 4.77. The third-order valence-electron chi connectivity index (χ3n) is 3.34. The first-order valence-electron chi connectivity index (χ1n) is 6.15. The van der Waals surface area contributed by atoms with Crippen molar-refractivity contribution in [2.45, 2.75) is 19.8 Å². The Hall–Kier alpha value is -1.71. The summed E-state index contributed by atoms with van der Waals surface area (Å²) >= 11 is 0. The van der Waals surface area contributed by atoms with Crippen molar-refractivity contribution in [1.82, 2.24) is 15.0 Å². The van der Waals surface area contributed by atoms with E-state index in [2.05, 4.69) is 32.8 Å². The van der Waals surface area contributed by atoms with Crippen LogP contribution in [0.2, 0.25) is 0 Å². The Morgan fingerprint density at radius 3 is 3.12 bits per heavy atom. The molecule has 1 fully saturated rings. The summed E-state index contributed by atoms with van der Waals surface area (Å²) in [6.45, 7) is 4.47. The number of piperidine rings is 1. The van der Waals surface area contributed by atoms with Gasteiger partial charge in [-0.2, -0.15) is 0 Å². The third-order valence-corrected chi connectivity index (χ3v) is 3.34. The molecule has 1 saturated heterocycles. The van der Waals surface area contributed by atoms with Gasteiger partial charge in [-0.05, 0) is 30.9 Å². The SMILES string of the molecule is CC1CCCN(c2ncnc3ncccc23)C1. The number of hydrogen-bond acceptors (Lipinski definition) is 4. The molecule has 3 heterocycles. The van der Waals surface area contributed by atoms with Crippen LogP contribution >= 0.6 is 0 Å². The van der Waals surface area contributed by atoms with E-state index in [9.17, 15) is 0 Å². The molecule has 1 atom stereocenters. The molecule has 4 nitrogen and oxygen atoms in total. The minimum Gasteiger partial charge on any atom is -0.356 e. The lowest BCUT2D eigenvalue weighted by atomic mass is 10.0. The number of rotatable bonds is 1. The van der Waals surface area contributed by atoms with Gasteiger partial charge >= 0.3 is 0 Å². The molecule has 0 aromatic carbocycles. The smallest absolute Gasteiger partial charge is 0.164 e. The van der Waals surface area contributed by atoms with Crippen molar-refractivity contribution >= 4 is 16.9 Å². The minimum absolute atomic E-state index is 0.741. The zero-order valence-corrected chi connectivity index (χ0v) is 10.0. The second-order valence-electron chi connectivity index (χ2n) is 4.77. The van der Waals surface area contributed by atoms with Crippen LogP contribution in [-0.2, 0) is 0 Å². The van der Waals surface area contributed by atoms with Gasteiger partial charge in [0.05, 0.1) is 5.39 Å². The highest BCUT2D eigenvalue weighted by atomic mass is 15.2. The molecule has 1 aliphatic rings. The molecule has 0 saturated carbocycles. The third kappa shape index (κ3) is 1.95. The van der Waals surface area contributed by atoms with Crippen molar-refractivity contribution in [2.75, 3.05) is 18.0 Å². The Kier molecular flexibility index (Phi) is 2.63. The van der Waals surface area contributed by atoms with Crippen LogP contribution in [0.1, 0.15) is 19.8 Å². The summed E-state index contributed by atoms with van der Waals surface area (Å²) in [5.41, 5.74) is 0.788. The summed E-state index contributed by atoms with van der Waals surface area (Å²) in [5.74, 6) is 1.78. The molecule has 3 rings (SSSR count). The zero-order chi connectivity index (χ0) is 11.7. The van der Waals surface area contributed by atoms with Gasteiger partial charge in [-0.15, -0.1) is 0 Å². The summed E-state index contributed by atoms with van der Waals surface area (Å²) in [5, 5.41) is 1.06. The average molecular weight is 228 g/mol. The lowest BCUT2D eigenvalue weighted by Gasteiger charge is -2.32. The molecule has 0 spiro atoms. The van der Waals surface area contributed by atoms with Crippen LogP contribution < -0.4 is 4.90 Å². The highest BCUT2D eigenvalue weighted by Gasteiger charge is 2.19. The lowest BCUT2D eigenvalue weighted by molar-refractivity contribution is 0.445. The largest absolute Gasteiger partial charge is 0.356 e. The quantitative estimate of drug-likeness (QED) is 0.750. The maximum atomic E-state index is 4.44. The molecular formula is C13H16N4. The van der Waals surface area contributed by atoms with Gasteiger partial charge in [0, 0.05) is 19.3 Å². The fourth-order valence-electron chi connectivity index (χ4n) is 2.52. The molecule has 0 aliphatic carbocycles. The number of pyridine rings is 1. The van der Waals surface area contributed by atoms with Gasteiger partial charge in [0.2, 0.25) is 0 Å². The molecule has 0 radical (unpaired) electrons. The molecule has 1 aliphatic heterocycles. The first-order valence-corrected chi connectivity index (χ1v) is 6.15. The van der Waals surface area contributed by atoms with E-state index in [1.807, 2.05) is 6.07 Å². The van der Waals surface area contributed by atoms with Crippen LogP contribution in [0.3, 0.4) is 0 Å². The summed E-state index contributed by atoms with van der Waals surface area (Å²) in [6.07, 6.45) is 5.95. The van der Waals surface area contributed by atoms with Gasteiger partial charge in [-0.25, -0.2) is 15.0 Å². The van der Waals surface area contributed by atoms with Crippen molar-refractivity contribution in [3.8, 4) is 0 Å². The molecule has 17 heavy (non-hydrogen) atoms. The Bertz CT molecular complexity index is 520. The van der Waals surface area contributed by atoms with E-state index in [-0.39, 0.29) is 0 Å². The number of fused-ring (bicyclic) bond motifs is 1. The highest BCUT2D eigenvalue weighted by Crippen LogP contribution is 2.26. The first-order chi connectivity index (χ1) is 8.34. The van der Waals surface area contributed by atoms with Gasteiger partial charge in [-0.1, -0.05) is 6.92 Å². The van der Waals surface area contributed by atoms with E-state index in [0.717, 1.165) is 35.9 Å². The van der Waals surface area contributed by atoms with E-state index in [1.54, 1.807) is 12.5 Å². The van der Waals surface area contributed by atoms with Crippen molar-refractivity contribution < 1.29 is 0 Å². The highest BCUT2D eigenvalue weighted by molar-refractivity contribution is 5.86. The predicted octanol–water partition coefficient (Wildman–Crippen LogP) is 2.26. The number of anilines is 1.